The minimum absolute atomic E-state index is 0.204. The van der Waals surface area contributed by atoms with Gasteiger partial charge in [-0.15, -0.1) is 0 Å². The van der Waals surface area contributed by atoms with E-state index in [-0.39, 0.29) is 10.8 Å². The first-order valence-electron chi connectivity index (χ1n) is 9.14. The molecule has 0 bridgehead atoms. The second-order valence-electron chi connectivity index (χ2n) is 6.60. The monoisotopic (exact) mass is 399 g/mol. The Morgan fingerprint density at radius 1 is 1.18 bits per heavy atom. The summed E-state index contributed by atoms with van der Waals surface area (Å²) in [5, 5.41) is 9.27. The van der Waals surface area contributed by atoms with Crippen molar-refractivity contribution in [2.24, 2.45) is 0 Å². The number of aryl methyl sites for hydroxylation is 2. The van der Waals surface area contributed by atoms with Crippen molar-refractivity contribution in [2.75, 3.05) is 11.3 Å². The summed E-state index contributed by atoms with van der Waals surface area (Å²) >= 11 is 0. The van der Waals surface area contributed by atoms with E-state index in [1.807, 2.05) is 26.8 Å². The zero-order valence-electron chi connectivity index (χ0n) is 16.6. The van der Waals surface area contributed by atoms with Gasteiger partial charge >= 0.3 is 0 Å². The second kappa shape index (κ2) is 8.89. The van der Waals surface area contributed by atoms with E-state index >= 15 is 0 Å². The topological polar surface area (TPSA) is 90.3 Å². The van der Waals surface area contributed by atoms with Crippen molar-refractivity contribution < 1.29 is 13.2 Å². The van der Waals surface area contributed by atoms with Crippen LogP contribution < -0.4 is 4.72 Å². The molecule has 7 heteroatoms. The van der Waals surface area contributed by atoms with Gasteiger partial charge in [-0.2, -0.15) is 5.26 Å². The van der Waals surface area contributed by atoms with Crippen LogP contribution in [-0.4, -0.2) is 31.8 Å². The van der Waals surface area contributed by atoms with Gasteiger partial charge < -0.3 is 4.90 Å². The normalized spacial score (nSPS) is 12.1. The molecule has 148 valence electrons. The van der Waals surface area contributed by atoms with Gasteiger partial charge in [0, 0.05) is 17.8 Å². The predicted molar refractivity (Wildman–Crippen MR) is 110 cm³/mol. The van der Waals surface area contributed by atoms with Crippen LogP contribution in [-0.2, 0) is 10.0 Å². The van der Waals surface area contributed by atoms with Crippen LogP contribution >= 0.6 is 0 Å². The molecule has 0 fully saturated rings. The maximum atomic E-state index is 12.8. The fraction of sp³-hybridized carbons (Fsp3) is 0.333. The Kier molecular flexibility index (Phi) is 6.81. The average Bonchev–Trinajstić information content (AvgIpc) is 2.67. The highest BCUT2D eigenvalue weighted by Crippen LogP contribution is 2.22. The molecule has 0 aliphatic heterocycles. The third-order valence-corrected chi connectivity index (χ3v) is 6.03. The number of carbonyl (C=O) groups excluding carboxylic acids is 1. The minimum Gasteiger partial charge on any atom is -0.323 e. The number of anilines is 1. The molecule has 2 aromatic rings. The van der Waals surface area contributed by atoms with Crippen molar-refractivity contribution >= 4 is 21.6 Å². The zero-order chi connectivity index (χ0) is 20.9. The minimum atomic E-state index is -3.79. The standard InChI is InChI=1S/C21H25N3O3S/c1-5-19(14-22)24(6-2)21(25)17-8-7-9-18(13-17)23-28(26,27)20-12-15(3)10-11-16(20)4/h7-13,19,23H,5-6H2,1-4H3. The third-order valence-electron chi connectivity index (χ3n) is 4.51. The van der Waals surface area contributed by atoms with Crippen molar-refractivity contribution in [2.45, 2.75) is 45.1 Å². The summed E-state index contributed by atoms with van der Waals surface area (Å²) in [4.78, 5) is 14.5. The Hall–Kier alpha value is -2.85. The smallest absolute Gasteiger partial charge is 0.262 e. The summed E-state index contributed by atoms with van der Waals surface area (Å²) in [5.41, 5.74) is 2.11. The number of benzene rings is 2. The Labute approximate surface area is 166 Å². The number of hydrogen-bond acceptors (Lipinski definition) is 4. The molecule has 0 saturated heterocycles. The summed E-state index contributed by atoms with van der Waals surface area (Å²) in [7, 11) is -3.79. The van der Waals surface area contributed by atoms with Gasteiger partial charge in [-0.25, -0.2) is 8.42 Å². The van der Waals surface area contributed by atoms with Crippen molar-refractivity contribution in [1.82, 2.24) is 4.90 Å². The third kappa shape index (κ3) is 4.70. The maximum Gasteiger partial charge on any atom is 0.262 e. The molecule has 28 heavy (non-hydrogen) atoms. The van der Waals surface area contributed by atoms with Crippen LogP contribution in [0.3, 0.4) is 0 Å². The van der Waals surface area contributed by atoms with Gasteiger partial charge in [-0.1, -0.05) is 25.1 Å². The fourth-order valence-corrected chi connectivity index (χ4v) is 4.36. The molecule has 0 aromatic heterocycles. The molecule has 0 radical (unpaired) electrons. The molecule has 0 aliphatic rings. The van der Waals surface area contributed by atoms with Crippen LogP contribution in [0.15, 0.2) is 47.4 Å². The van der Waals surface area contributed by atoms with E-state index in [4.69, 9.17) is 0 Å². The van der Waals surface area contributed by atoms with Crippen LogP contribution in [0, 0.1) is 25.2 Å². The maximum absolute atomic E-state index is 12.8. The number of amides is 1. The van der Waals surface area contributed by atoms with Gasteiger partial charge in [0.05, 0.1) is 11.0 Å². The average molecular weight is 400 g/mol. The highest BCUT2D eigenvalue weighted by Gasteiger charge is 2.23. The Morgan fingerprint density at radius 2 is 1.89 bits per heavy atom. The molecule has 0 heterocycles. The lowest BCUT2D eigenvalue weighted by molar-refractivity contribution is 0.0725. The molecule has 0 aliphatic carbocycles. The first kappa shape index (κ1) is 21.5. The molecule has 0 saturated carbocycles. The van der Waals surface area contributed by atoms with Crippen molar-refractivity contribution in [3.63, 3.8) is 0 Å². The van der Waals surface area contributed by atoms with Crippen molar-refractivity contribution in [3.8, 4) is 6.07 Å². The SMILES string of the molecule is CCC(C#N)N(CC)C(=O)c1cccc(NS(=O)(=O)c2cc(C)ccc2C)c1. The largest absolute Gasteiger partial charge is 0.323 e. The summed E-state index contributed by atoms with van der Waals surface area (Å²) in [6.07, 6.45) is 0.523. The van der Waals surface area contributed by atoms with E-state index in [9.17, 15) is 18.5 Å². The Balaban J connectivity index is 2.34. The second-order valence-corrected chi connectivity index (χ2v) is 8.25. The Morgan fingerprint density at radius 3 is 2.50 bits per heavy atom. The molecule has 1 amide bonds. The number of rotatable bonds is 7. The van der Waals surface area contributed by atoms with Crippen LogP contribution in [0.2, 0.25) is 0 Å². The van der Waals surface area contributed by atoms with Crippen LogP contribution in [0.25, 0.3) is 0 Å². The van der Waals surface area contributed by atoms with Crippen LogP contribution in [0.1, 0.15) is 41.8 Å². The molecule has 0 spiro atoms. The van der Waals surface area contributed by atoms with E-state index in [0.29, 0.717) is 29.8 Å². The lowest BCUT2D eigenvalue weighted by Gasteiger charge is -2.25. The van der Waals surface area contributed by atoms with E-state index in [1.165, 1.54) is 11.0 Å². The number of nitrogens with zero attached hydrogens (tertiary/aromatic N) is 2. The van der Waals surface area contributed by atoms with Gasteiger partial charge in [0.1, 0.15) is 6.04 Å². The summed E-state index contributed by atoms with van der Waals surface area (Å²) in [6.45, 7) is 7.61. The number of hydrogen-bond donors (Lipinski definition) is 1. The number of nitrogens with one attached hydrogen (secondary N) is 1. The summed E-state index contributed by atoms with van der Waals surface area (Å²) in [6, 6.07) is 13.2. The molecular formula is C21H25N3O3S. The van der Waals surface area contributed by atoms with E-state index in [0.717, 1.165) is 5.56 Å². The molecule has 1 unspecified atom stereocenters. The molecule has 6 nitrogen and oxygen atoms in total. The quantitative estimate of drug-likeness (QED) is 0.765. The van der Waals surface area contributed by atoms with Crippen LogP contribution in [0.4, 0.5) is 5.69 Å². The molecule has 1 N–H and O–H groups in total. The molecule has 2 rings (SSSR count). The lowest BCUT2D eigenvalue weighted by Crippen LogP contribution is -2.39. The van der Waals surface area contributed by atoms with E-state index in [1.54, 1.807) is 37.3 Å². The van der Waals surface area contributed by atoms with Gasteiger partial charge in [0.15, 0.2) is 0 Å². The summed E-state index contributed by atoms with van der Waals surface area (Å²) < 4.78 is 28.1. The van der Waals surface area contributed by atoms with Gasteiger partial charge in [0.25, 0.3) is 15.9 Å². The van der Waals surface area contributed by atoms with E-state index < -0.39 is 16.1 Å². The molecular weight excluding hydrogens is 374 g/mol. The molecule has 1 atom stereocenters. The first-order valence-corrected chi connectivity index (χ1v) is 10.6. The highest BCUT2D eigenvalue weighted by molar-refractivity contribution is 7.92. The van der Waals surface area contributed by atoms with Crippen LogP contribution in [0.5, 0.6) is 0 Å². The fourth-order valence-electron chi connectivity index (χ4n) is 2.98. The van der Waals surface area contributed by atoms with Crippen molar-refractivity contribution in [1.29, 1.82) is 5.26 Å². The highest BCUT2D eigenvalue weighted by atomic mass is 32.2. The Bertz CT molecular complexity index is 1010. The van der Waals surface area contributed by atoms with Gasteiger partial charge in [0.2, 0.25) is 0 Å². The van der Waals surface area contributed by atoms with Gasteiger partial charge in [-0.05, 0) is 62.6 Å². The lowest BCUT2D eigenvalue weighted by atomic mass is 10.1. The predicted octanol–water partition coefficient (Wildman–Crippen LogP) is 3.87. The van der Waals surface area contributed by atoms with Crippen molar-refractivity contribution in [3.05, 3.63) is 59.2 Å². The number of carbonyl (C=O) groups is 1. The van der Waals surface area contributed by atoms with Gasteiger partial charge in [-0.3, -0.25) is 9.52 Å². The number of nitriles is 1. The zero-order valence-corrected chi connectivity index (χ0v) is 17.4. The van der Waals surface area contributed by atoms with E-state index in [2.05, 4.69) is 10.8 Å². The summed E-state index contributed by atoms with van der Waals surface area (Å²) in [5.74, 6) is -0.302. The first-order chi connectivity index (χ1) is 13.2. The number of sulfonamides is 1. The molecule has 2 aromatic carbocycles.